The maximum atomic E-state index is 13.0. The van der Waals surface area contributed by atoms with E-state index in [0.29, 0.717) is 5.56 Å². The summed E-state index contributed by atoms with van der Waals surface area (Å²) in [7, 11) is 1.85. The molecule has 2 aromatic heterocycles. The largest absolute Gasteiger partial charge is 0.383 e. The van der Waals surface area contributed by atoms with E-state index in [0.717, 1.165) is 37.2 Å². The zero-order chi connectivity index (χ0) is 23.5. The predicted octanol–water partition coefficient (Wildman–Crippen LogP) is 3.74. The lowest BCUT2D eigenvalue weighted by molar-refractivity contribution is 0.0938. The molecule has 3 heterocycles. The van der Waals surface area contributed by atoms with Crippen molar-refractivity contribution in [2.75, 3.05) is 18.8 Å². The minimum absolute atomic E-state index is 0.0811. The van der Waals surface area contributed by atoms with Crippen molar-refractivity contribution in [1.29, 1.82) is 0 Å². The molecule has 1 aliphatic heterocycles. The second-order valence-corrected chi connectivity index (χ2v) is 8.82. The smallest absolute Gasteiger partial charge is 0.255 e. The summed E-state index contributed by atoms with van der Waals surface area (Å²) in [6, 6.07) is 21.0. The molecule has 1 aliphatic rings. The molecule has 7 nitrogen and oxygen atoms in total. The molecule has 3 N–H and O–H groups in total. The molecule has 1 amide bonds. The Hall–Kier alpha value is -3.97. The molecular formula is C27H28N6O. The summed E-state index contributed by atoms with van der Waals surface area (Å²) in [5.74, 6) is 0.0494. The molecule has 0 bridgehead atoms. The number of aryl methyl sites for hydroxylation is 1. The molecule has 2 aromatic carbocycles. The molecule has 34 heavy (non-hydrogen) atoms. The number of hydrogen-bond donors (Lipinski definition) is 2. The first-order valence-corrected chi connectivity index (χ1v) is 11.5. The van der Waals surface area contributed by atoms with Crippen molar-refractivity contribution in [1.82, 2.24) is 25.0 Å². The van der Waals surface area contributed by atoms with E-state index in [9.17, 15) is 4.79 Å². The number of anilines is 1. The Morgan fingerprint density at radius 1 is 1.03 bits per heavy atom. The van der Waals surface area contributed by atoms with Crippen molar-refractivity contribution in [3.63, 3.8) is 0 Å². The average Bonchev–Trinajstić information content (AvgIpc) is 3.49. The third-order valence-electron chi connectivity index (χ3n) is 6.28. The molecule has 0 aliphatic carbocycles. The number of nitrogen functional groups attached to an aromatic ring is 1. The number of benzene rings is 2. The Kier molecular flexibility index (Phi) is 6.10. The van der Waals surface area contributed by atoms with Crippen LogP contribution in [-0.4, -0.2) is 44.7 Å². The van der Waals surface area contributed by atoms with Gasteiger partial charge >= 0.3 is 0 Å². The van der Waals surface area contributed by atoms with Gasteiger partial charge in [0.1, 0.15) is 5.82 Å². The third-order valence-corrected chi connectivity index (χ3v) is 6.28. The summed E-state index contributed by atoms with van der Waals surface area (Å²) in [6.07, 6.45) is 6.21. The highest BCUT2D eigenvalue weighted by Gasteiger charge is 2.25. The normalized spacial score (nSPS) is 16.0. The van der Waals surface area contributed by atoms with Crippen LogP contribution in [0.4, 0.5) is 5.82 Å². The van der Waals surface area contributed by atoms with Gasteiger partial charge in [0.15, 0.2) is 0 Å². The van der Waals surface area contributed by atoms with Crippen LogP contribution >= 0.6 is 0 Å². The van der Waals surface area contributed by atoms with Gasteiger partial charge in [0.2, 0.25) is 0 Å². The summed E-state index contributed by atoms with van der Waals surface area (Å²) in [5, 5.41) is 7.33. The zero-order valence-corrected chi connectivity index (χ0v) is 19.2. The van der Waals surface area contributed by atoms with Crippen molar-refractivity contribution < 1.29 is 4.79 Å². The van der Waals surface area contributed by atoms with Crippen molar-refractivity contribution in [3.8, 4) is 22.3 Å². The van der Waals surface area contributed by atoms with Gasteiger partial charge in [-0.25, -0.2) is 4.98 Å². The highest BCUT2D eigenvalue weighted by molar-refractivity contribution is 5.99. The number of hydrogen-bond acceptors (Lipinski definition) is 5. The Morgan fingerprint density at radius 2 is 1.79 bits per heavy atom. The summed E-state index contributed by atoms with van der Waals surface area (Å²) in [6.45, 7) is 2.61. The number of nitrogens with two attached hydrogens (primary N) is 1. The van der Waals surface area contributed by atoms with Crippen LogP contribution in [0.5, 0.6) is 0 Å². The first-order chi connectivity index (χ1) is 16.5. The molecule has 1 fully saturated rings. The maximum Gasteiger partial charge on any atom is 0.255 e. The van der Waals surface area contributed by atoms with Crippen LogP contribution in [-0.2, 0) is 13.6 Å². The summed E-state index contributed by atoms with van der Waals surface area (Å²) < 4.78 is 1.72. The van der Waals surface area contributed by atoms with Gasteiger partial charge in [0.05, 0.1) is 11.8 Å². The molecule has 5 rings (SSSR count). The molecule has 1 unspecified atom stereocenters. The summed E-state index contributed by atoms with van der Waals surface area (Å²) in [4.78, 5) is 19.6. The second-order valence-electron chi connectivity index (χ2n) is 8.82. The first kappa shape index (κ1) is 21.9. The predicted molar refractivity (Wildman–Crippen MR) is 134 cm³/mol. The van der Waals surface area contributed by atoms with Gasteiger partial charge in [-0.05, 0) is 29.2 Å². The number of carbonyl (C=O) groups is 1. The van der Waals surface area contributed by atoms with E-state index < -0.39 is 0 Å². The fourth-order valence-corrected chi connectivity index (χ4v) is 4.43. The monoisotopic (exact) mass is 452 g/mol. The van der Waals surface area contributed by atoms with E-state index in [-0.39, 0.29) is 17.8 Å². The molecule has 4 aromatic rings. The minimum Gasteiger partial charge on any atom is -0.383 e. The number of rotatable bonds is 6. The summed E-state index contributed by atoms with van der Waals surface area (Å²) in [5.41, 5.74) is 11.9. The van der Waals surface area contributed by atoms with Crippen LogP contribution in [0.15, 0.2) is 79.3 Å². The van der Waals surface area contributed by atoms with Crippen molar-refractivity contribution in [2.24, 2.45) is 7.05 Å². The van der Waals surface area contributed by atoms with E-state index in [1.165, 1.54) is 16.7 Å². The summed E-state index contributed by atoms with van der Waals surface area (Å²) >= 11 is 0. The molecule has 172 valence electrons. The maximum absolute atomic E-state index is 13.0. The van der Waals surface area contributed by atoms with Crippen molar-refractivity contribution >= 4 is 11.7 Å². The van der Waals surface area contributed by atoms with E-state index >= 15 is 0 Å². The van der Waals surface area contributed by atoms with Gasteiger partial charge in [-0.15, -0.1) is 0 Å². The van der Waals surface area contributed by atoms with E-state index in [2.05, 4.69) is 68.8 Å². The number of carbonyl (C=O) groups excluding carboxylic acids is 1. The molecule has 1 atom stereocenters. The standard InChI is InChI=1S/C27H28N6O/c1-32-17-23(15-30-32)22-13-25(26(28)29-14-22)27(34)31-24-11-12-33(18-24)16-19-7-9-21(10-8-19)20-5-3-2-4-6-20/h2-10,13-15,17,24H,11-12,16,18H2,1H3,(H2,28,29)(H,31,34). The number of nitrogens with zero attached hydrogens (tertiary/aromatic N) is 4. The van der Waals surface area contributed by atoms with Crippen LogP contribution in [0.25, 0.3) is 22.3 Å². The first-order valence-electron chi connectivity index (χ1n) is 11.5. The van der Waals surface area contributed by atoms with Gasteiger partial charge in [-0.3, -0.25) is 14.4 Å². The van der Waals surface area contributed by atoms with Gasteiger partial charge in [0, 0.05) is 56.2 Å². The number of likely N-dealkylation sites (tertiary alicyclic amines) is 1. The minimum atomic E-state index is -0.185. The molecule has 0 spiro atoms. The topological polar surface area (TPSA) is 89.1 Å². The van der Waals surface area contributed by atoms with Gasteiger partial charge in [-0.1, -0.05) is 54.6 Å². The lowest BCUT2D eigenvalue weighted by Crippen LogP contribution is -2.37. The lowest BCUT2D eigenvalue weighted by Gasteiger charge is -2.17. The van der Waals surface area contributed by atoms with Crippen LogP contribution in [0.2, 0.25) is 0 Å². The number of pyridine rings is 1. The Labute approximate surface area is 199 Å². The molecule has 7 heteroatoms. The number of aromatic nitrogens is 3. The Bertz CT molecular complexity index is 1280. The van der Waals surface area contributed by atoms with E-state index in [1.807, 2.05) is 19.3 Å². The van der Waals surface area contributed by atoms with E-state index in [4.69, 9.17) is 5.73 Å². The second kappa shape index (κ2) is 9.49. The highest BCUT2D eigenvalue weighted by atomic mass is 16.1. The SMILES string of the molecule is Cn1cc(-c2cnc(N)c(C(=O)NC3CCN(Cc4ccc(-c5ccccc5)cc4)C3)c2)cn1. The average molecular weight is 453 g/mol. The van der Waals surface area contributed by atoms with Crippen LogP contribution in [0, 0.1) is 0 Å². The van der Waals surface area contributed by atoms with E-state index in [1.54, 1.807) is 23.1 Å². The van der Waals surface area contributed by atoms with Crippen LogP contribution in [0.3, 0.4) is 0 Å². The molecule has 1 saturated heterocycles. The van der Waals surface area contributed by atoms with Crippen molar-refractivity contribution in [3.05, 3.63) is 90.4 Å². The van der Waals surface area contributed by atoms with Gasteiger partial charge in [0.25, 0.3) is 5.91 Å². The fraction of sp³-hybridized carbons (Fsp3) is 0.222. The van der Waals surface area contributed by atoms with Gasteiger partial charge in [-0.2, -0.15) is 5.10 Å². The Balaban J connectivity index is 1.19. The quantitative estimate of drug-likeness (QED) is 0.465. The van der Waals surface area contributed by atoms with Crippen LogP contribution < -0.4 is 11.1 Å². The van der Waals surface area contributed by atoms with Crippen molar-refractivity contribution in [2.45, 2.75) is 19.0 Å². The molecule has 0 saturated carbocycles. The van der Waals surface area contributed by atoms with Gasteiger partial charge < -0.3 is 11.1 Å². The Morgan fingerprint density at radius 3 is 2.53 bits per heavy atom. The zero-order valence-electron chi connectivity index (χ0n) is 19.2. The van der Waals surface area contributed by atoms with Crippen LogP contribution in [0.1, 0.15) is 22.3 Å². The molecule has 0 radical (unpaired) electrons. The highest BCUT2D eigenvalue weighted by Crippen LogP contribution is 2.23. The lowest BCUT2D eigenvalue weighted by atomic mass is 10.0. The number of nitrogens with one attached hydrogen (secondary N) is 1. The fourth-order valence-electron chi connectivity index (χ4n) is 4.43. The third kappa shape index (κ3) is 4.84. The number of amides is 1. The molecular weight excluding hydrogens is 424 g/mol.